The molecule has 3 heterocycles. The number of nitrogens with one attached hydrogen (secondary N) is 1. The first-order valence-corrected chi connectivity index (χ1v) is 11.3. The Morgan fingerprint density at radius 3 is 2.62 bits per heavy atom. The molecule has 0 saturated heterocycles. The van der Waals surface area contributed by atoms with Gasteiger partial charge in [-0.3, -0.25) is 4.79 Å². The molecule has 3 aromatic heterocycles. The number of hydrogen-bond donors (Lipinski definition) is 1. The molecular weight excluding hydrogens is 424 g/mol. The van der Waals surface area contributed by atoms with Crippen LogP contribution in [0, 0.1) is 0 Å². The minimum atomic E-state index is -0.00534. The van der Waals surface area contributed by atoms with Gasteiger partial charge >= 0.3 is 0 Å². The molecule has 1 N–H and O–H groups in total. The largest absolute Gasteiger partial charge is 0.345 e. The van der Waals surface area contributed by atoms with E-state index in [4.69, 9.17) is 0 Å². The summed E-state index contributed by atoms with van der Waals surface area (Å²) in [5.74, 6) is 1.41. The summed E-state index contributed by atoms with van der Waals surface area (Å²) in [6, 6.07) is 13.8. The highest BCUT2D eigenvalue weighted by molar-refractivity contribution is 5.95. The molecule has 0 saturated carbocycles. The van der Waals surface area contributed by atoms with Gasteiger partial charge in [0.1, 0.15) is 18.0 Å². The van der Waals surface area contributed by atoms with Gasteiger partial charge in [-0.15, -0.1) is 0 Å². The number of nitrogens with zero attached hydrogens (tertiary/aromatic N) is 5. The lowest BCUT2D eigenvalue weighted by atomic mass is 10.1. The van der Waals surface area contributed by atoms with Crippen molar-refractivity contribution in [3.05, 3.63) is 90.6 Å². The molecule has 1 aromatic carbocycles. The number of amides is 1. The Balaban J connectivity index is 1.57. The molecule has 170 valence electrons. The Morgan fingerprint density at radius 1 is 1.06 bits per heavy atom. The van der Waals surface area contributed by atoms with Crippen LogP contribution in [0.4, 0.5) is 11.6 Å². The molecule has 1 amide bonds. The fourth-order valence-electron chi connectivity index (χ4n) is 4.14. The van der Waals surface area contributed by atoms with Crippen LogP contribution in [0.1, 0.15) is 23.2 Å². The molecule has 0 fully saturated rings. The Hall–Kier alpha value is -4.26. The van der Waals surface area contributed by atoms with E-state index in [1.807, 2.05) is 36.5 Å². The molecule has 0 atom stereocenters. The van der Waals surface area contributed by atoms with E-state index >= 15 is 0 Å². The predicted octanol–water partition coefficient (Wildman–Crippen LogP) is 5.22. The Kier molecular flexibility index (Phi) is 5.91. The zero-order chi connectivity index (χ0) is 23.5. The minimum absolute atomic E-state index is 0.00534. The number of fused-ring (bicyclic) bond motifs is 1. The topological polar surface area (TPSA) is 75.9 Å². The van der Waals surface area contributed by atoms with Crippen LogP contribution in [0.5, 0.6) is 0 Å². The summed E-state index contributed by atoms with van der Waals surface area (Å²) in [4.78, 5) is 26.7. The third-order valence-electron chi connectivity index (χ3n) is 5.87. The van der Waals surface area contributed by atoms with Crippen molar-refractivity contribution in [1.29, 1.82) is 0 Å². The standard InChI is InChI=1S/C27H26N6O/c1-32(2)27(34)21-10-8-20(9-11-21)23-14-22-16-29-26(31-25-12-13-28-18-30-25)15-24(22)33(23)17-19-6-4-3-5-7-19/h4,6-16,18H,3,5,17H2,1-2H3,(H,28,29,30,31). The van der Waals surface area contributed by atoms with Gasteiger partial charge in [-0.05, 0) is 48.2 Å². The predicted molar refractivity (Wildman–Crippen MR) is 135 cm³/mol. The van der Waals surface area contributed by atoms with Gasteiger partial charge in [-0.1, -0.05) is 30.4 Å². The van der Waals surface area contributed by atoms with E-state index < -0.39 is 0 Å². The van der Waals surface area contributed by atoms with E-state index in [2.05, 4.69) is 55.2 Å². The fraction of sp³-hybridized carbons (Fsp3) is 0.185. The van der Waals surface area contributed by atoms with Gasteiger partial charge in [-0.25, -0.2) is 15.0 Å². The fourth-order valence-corrected chi connectivity index (χ4v) is 4.14. The molecule has 7 nitrogen and oxygen atoms in total. The maximum Gasteiger partial charge on any atom is 0.253 e. The van der Waals surface area contributed by atoms with Crippen molar-refractivity contribution in [3.63, 3.8) is 0 Å². The second kappa shape index (κ2) is 9.31. The molecule has 0 spiro atoms. The van der Waals surface area contributed by atoms with Crippen LogP contribution >= 0.6 is 0 Å². The van der Waals surface area contributed by atoms with Gasteiger partial charge < -0.3 is 14.8 Å². The normalized spacial score (nSPS) is 13.1. The van der Waals surface area contributed by atoms with Crippen molar-refractivity contribution in [3.8, 4) is 11.3 Å². The molecule has 4 aromatic rings. The number of benzene rings is 1. The van der Waals surface area contributed by atoms with Crippen LogP contribution < -0.4 is 5.32 Å². The number of carbonyl (C=O) groups is 1. The minimum Gasteiger partial charge on any atom is -0.345 e. The van der Waals surface area contributed by atoms with Crippen LogP contribution in [-0.4, -0.2) is 44.4 Å². The molecule has 7 heteroatoms. The number of carbonyl (C=O) groups excluding carboxylic acids is 1. The lowest BCUT2D eigenvalue weighted by molar-refractivity contribution is 0.0827. The summed E-state index contributed by atoms with van der Waals surface area (Å²) in [5.41, 5.74) is 5.17. The number of hydrogen-bond acceptors (Lipinski definition) is 5. The molecule has 5 rings (SSSR count). The summed E-state index contributed by atoms with van der Waals surface area (Å²) in [7, 11) is 3.53. The SMILES string of the molecule is CN(C)C(=O)c1ccc(-c2cc3cnc(Nc4ccncn4)cc3n2CC2=CCCC=C2)cc1. The average molecular weight is 451 g/mol. The van der Waals surface area contributed by atoms with Crippen molar-refractivity contribution in [2.45, 2.75) is 19.4 Å². The maximum atomic E-state index is 12.3. The van der Waals surface area contributed by atoms with E-state index in [1.54, 1.807) is 25.2 Å². The third kappa shape index (κ3) is 4.45. The van der Waals surface area contributed by atoms with Crippen molar-refractivity contribution in [2.24, 2.45) is 0 Å². The summed E-state index contributed by atoms with van der Waals surface area (Å²) in [6.45, 7) is 0.755. The van der Waals surface area contributed by atoms with Crippen molar-refractivity contribution < 1.29 is 4.79 Å². The lowest BCUT2D eigenvalue weighted by Crippen LogP contribution is -2.21. The highest BCUT2D eigenvalue weighted by Gasteiger charge is 2.15. The van der Waals surface area contributed by atoms with Gasteiger partial charge in [0, 0.05) is 55.7 Å². The van der Waals surface area contributed by atoms with Crippen molar-refractivity contribution in [2.75, 3.05) is 19.4 Å². The second-order valence-electron chi connectivity index (χ2n) is 8.50. The number of allylic oxidation sites excluding steroid dienone is 4. The summed E-state index contributed by atoms with van der Waals surface area (Å²) >= 11 is 0. The first-order valence-electron chi connectivity index (χ1n) is 11.3. The zero-order valence-corrected chi connectivity index (χ0v) is 19.3. The monoisotopic (exact) mass is 450 g/mol. The Morgan fingerprint density at radius 2 is 1.91 bits per heavy atom. The first-order chi connectivity index (χ1) is 16.6. The number of rotatable bonds is 6. The number of pyridine rings is 1. The smallest absolute Gasteiger partial charge is 0.253 e. The lowest BCUT2D eigenvalue weighted by Gasteiger charge is -2.15. The average Bonchev–Trinajstić information content (AvgIpc) is 3.22. The van der Waals surface area contributed by atoms with E-state index in [-0.39, 0.29) is 5.91 Å². The second-order valence-corrected chi connectivity index (χ2v) is 8.50. The van der Waals surface area contributed by atoms with Gasteiger partial charge in [0.05, 0.1) is 5.52 Å². The number of aromatic nitrogens is 4. The molecule has 0 radical (unpaired) electrons. The highest BCUT2D eigenvalue weighted by atomic mass is 16.2. The Labute approximate surface area is 198 Å². The van der Waals surface area contributed by atoms with Gasteiger partial charge in [0.25, 0.3) is 5.91 Å². The highest BCUT2D eigenvalue weighted by Crippen LogP contribution is 2.31. The van der Waals surface area contributed by atoms with Gasteiger partial charge in [0.2, 0.25) is 0 Å². The van der Waals surface area contributed by atoms with E-state index in [9.17, 15) is 4.79 Å². The van der Waals surface area contributed by atoms with E-state index in [0.717, 1.165) is 47.4 Å². The molecule has 0 bridgehead atoms. The van der Waals surface area contributed by atoms with Crippen molar-refractivity contribution in [1.82, 2.24) is 24.4 Å². The summed E-state index contributed by atoms with van der Waals surface area (Å²) < 4.78 is 2.31. The molecule has 0 unspecified atom stereocenters. The summed E-state index contributed by atoms with van der Waals surface area (Å²) in [6.07, 6.45) is 14.0. The van der Waals surface area contributed by atoms with Crippen molar-refractivity contribution >= 4 is 28.4 Å². The summed E-state index contributed by atoms with van der Waals surface area (Å²) in [5, 5.41) is 4.31. The maximum absolute atomic E-state index is 12.3. The number of anilines is 2. The molecular formula is C27H26N6O. The van der Waals surface area contributed by atoms with E-state index in [0.29, 0.717) is 11.4 Å². The van der Waals surface area contributed by atoms with Crippen LogP contribution in [0.25, 0.3) is 22.2 Å². The molecule has 34 heavy (non-hydrogen) atoms. The van der Waals surface area contributed by atoms with Crippen LogP contribution in [-0.2, 0) is 6.54 Å². The molecule has 1 aliphatic carbocycles. The van der Waals surface area contributed by atoms with Crippen LogP contribution in [0.3, 0.4) is 0 Å². The van der Waals surface area contributed by atoms with Gasteiger partial charge in [-0.2, -0.15) is 0 Å². The van der Waals surface area contributed by atoms with Crippen LogP contribution in [0.15, 0.2) is 85.0 Å². The molecule has 0 aliphatic heterocycles. The Bertz CT molecular complexity index is 1380. The third-order valence-corrected chi connectivity index (χ3v) is 5.87. The quantitative estimate of drug-likeness (QED) is 0.436. The van der Waals surface area contributed by atoms with Crippen LogP contribution in [0.2, 0.25) is 0 Å². The first kappa shape index (κ1) is 21.6. The molecule has 1 aliphatic rings. The zero-order valence-electron chi connectivity index (χ0n) is 19.3. The van der Waals surface area contributed by atoms with Gasteiger partial charge in [0.15, 0.2) is 0 Å². The van der Waals surface area contributed by atoms with E-state index in [1.165, 1.54) is 11.9 Å².